The van der Waals surface area contributed by atoms with Crippen LogP contribution in [0.3, 0.4) is 0 Å². The van der Waals surface area contributed by atoms with Crippen molar-refractivity contribution in [2.24, 2.45) is 0 Å². The molecule has 0 aliphatic carbocycles. The van der Waals surface area contributed by atoms with Gasteiger partial charge in [0.25, 0.3) is 0 Å². The molecule has 0 spiro atoms. The van der Waals surface area contributed by atoms with E-state index in [2.05, 4.69) is 5.32 Å². The number of amides is 2. The Morgan fingerprint density at radius 3 is 2.65 bits per heavy atom. The monoisotopic (exact) mass is 388 g/mol. The molecule has 136 valence electrons. The van der Waals surface area contributed by atoms with Crippen LogP contribution in [0.15, 0.2) is 53.4 Å². The van der Waals surface area contributed by atoms with E-state index in [9.17, 15) is 9.59 Å². The number of carbonyl (C=O) groups is 2. The minimum absolute atomic E-state index is 0.0195. The Labute approximate surface area is 162 Å². The predicted octanol–water partition coefficient (Wildman–Crippen LogP) is 4.58. The molecule has 0 saturated heterocycles. The number of nitrogens with zero attached hydrogens (tertiary/aromatic N) is 1. The zero-order valence-electron chi connectivity index (χ0n) is 14.7. The van der Waals surface area contributed by atoms with Gasteiger partial charge in [-0.15, -0.1) is 11.8 Å². The molecule has 1 unspecified atom stereocenters. The van der Waals surface area contributed by atoms with Gasteiger partial charge in [-0.25, -0.2) is 0 Å². The average molecular weight is 389 g/mol. The van der Waals surface area contributed by atoms with Crippen LogP contribution >= 0.6 is 23.4 Å². The molecule has 0 aromatic heterocycles. The van der Waals surface area contributed by atoms with Crippen LogP contribution in [0.1, 0.15) is 25.8 Å². The van der Waals surface area contributed by atoms with Gasteiger partial charge in [-0.3, -0.25) is 9.59 Å². The number of anilines is 1. The van der Waals surface area contributed by atoms with Gasteiger partial charge in [0.15, 0.2) is 0 Å². The second-order valence-electron chi connectivity index (χ2n) is 6.54. The quantitative estimate of drug-likeness (QED) is 0.815. The molecular formula is C20H21ClN2O2S. The number of halogens is 1. The Morgan fingerprint density at radius 2 is 1.96 bits per heavy atom. The number of thioether (sulfide) groups is 1. The molecule has 2 aromatic carbocycles. The molecule has 0 radical (unpaired) electrons. The van der Waals surface area contributed by atoms with Crippen molar-refractivity contribution in [2.75, 3.05) is 5.32 Å². The van der Waals surface area contributed by atoms with E-state index < -0.39 is 5.25 Å². The first-order valence-corrected chi connectivity index (χ1v) is 9.80. The van der Waals surface area contributed by atoms with Gasteiger partial charge in [-0.1, -0.05) is 41.9 Å². The fourth-order valence-electron chi connectivity index (χ4n) is 2.87. The summed E-state index contributed by atoms with van der Waals surface area (Å²) >= 11 is 7.40. The smallest absolute Gasteiger partial charge is 0.238 e. The van der Waals surface area contributed by atoms with Gasteiger partial charge in [0.1, 0.15) is 0 Å². The number of hydrogen-bond donors (Lipinski definition) is 1. The van der Waals surface area contributed by atoms with Gasteiger partial charge in [0.05, 0.1) is 10.9 Å². The number of fused-ring (bicyclic) bond motifs is 1. The van der Waals surface area contributed by atoms with E-state index in [0.29, 0.717) is 17.3 Å². The van der Waals surface area contributed by atoms with Crippen LogP contribution in [0.5, 0.6) is 0 Å². The van der Waals surface area contributed by atoms with Gasteiger partial charge in [0, 0.05) is 28.9 Å². The third-order valence-corrected chi connectivity index (χ3v) is 5.77. The van der Waals surface area contributed by atoms with Gasteiger partial charge >= 0.3 is 0 Å². The van der Waals surface area contributed by atoms with Crippen molar-refractivity contribution < 1.29 is 9.59 Å². The van der Waals surface area contributed by atoms with Crippen LogP contribution in [0.25, 0.3) is 0 Å². The summed E-state index contributed by atoms with van der Waals surface area (Å²) in [7, 11) is 0. The zero-order chi connectivity index (χ0) is 18.7. The normalized spacial score (nSPS) is 16.2. The second-order valence-corrected chi connectivity index (χ2v) is 8.22. The molecule has 2 aromatic rings. The molecule has 0 saturated carbocycles. The van der Waals surface area contributed by atoms with Crippen molar-refractivity contribution in [3.05, 3.63) is 59.1 Å². The lowest BCUT2D eigenvalue weighted by molar-refractivity contribution is -0.134. The lowest BCUT2D eigenvalue weighted by Crippen LogP contribution is -2.40. The summed E-state index contributed by atoms with van der Waals surface area (Å²) < 4.78 is 0. The van der Waals surface area contributed by atoms with Gasteiger partial charge in [0.2, 0.25) is 11.8 Å². The van der Waals surface area contributed by atoms with Crippen molar-refractivity contribution in [1.82, 2.24) is 4.90 Å². The maximum atomic E-state index is 12.9. The largest absolute Gasteiger partial charge is 0.336 e. The number of carbonyl (C=O) groups excluding carboxylic acids is 2. The van der Waals surface area contributed by atoms with Crippen LogP contribution < -0.4 is 5.32 Å². The van der Waals surface area contributed by atoms with Crippen molar-refractivity contribution in [3.63, 3.8) is 0 Å². The van der Waals surface area contributed by atoms with Gasteiger partial charge in [-0.05, 0) is 37.6 Å². The lowest BCUT2D eigenvalue weighted by Gasteiger charge is -2.30. The van der Waals surface area contributed by atoms with Crippen molar-refractivity contribution in [3.8, 4) is 0 Å². The van der Waals surface area contributed by atoms with E-state index in [0.717, 1.165) is 10.5 Å². The molecule has 26 heavy (non-hydrogen) atoms. The first kappa shape index (κ1) is 18.8. The standard InChI is InChI=1S/C20H21ClN2O2S/c1-13(2)23(12-14-6-4-3-5-7-14)19(24)11-18-20(25)22-16-10-15(21)8-9-17(16)26-18/h3-10,13,18H,11-12H2,1-2H3,(H,22,25). The molecule has 2 amide bonds. The minimum atomic E-state index is -0.437. The predicted molar refractivity (Wildman–Crippen MR) is 106 cm³/mol. The molecule has 1 atom stereocenters. The molecule has 6 heteroatoms. The third-order valence-electron chi connectivity index (χ3n) is 4.26. The molecule has 1 aliphatic rings. The summed E-state index contributed by atoms with van der Waals surface area (Å²) in [6.07, 6.45) is 0.170. The molecule has 1 aliphatic heterocycles. The average Bonchev–Trinajstić information content (AvgIpc) is 2.61. The highest BCUT2D eigenvalue weighted by atomic mass is 35.5. The van der Waals surface area contributed by atoms with E-state index in [1.807, 2.05) is 55.1 Å². The Morgan fingerprint density at radius 1 is 1.23 bits per heavy atom. The van der Waals surface area contributed by atoms with Crippen molar-refractivity contribution in [1.29, 1.82) is 0 Å². The van der Waals surface area contributed by atoms with Crippen molar-refractivity contribution in [2.45, 2.75) is 43.0 Å². The summed E-state index contributed by atoms with van der Waals surface area (Å²) in [5, 5.41) is 3.00. The maximum Gasteiger partial charge on any atom is 0.238 e. The Bertz CT molecular complexity index is 811. The van der Waals surface area contributed by atoms with E-state index >= 15 is 0 Å². The first-order valence-electron chi connectivity index (χ1n) is 8.54. The Hall–Kier alpha value is -1.98. The topological polar surface area (TPSA) is 49.4 Å². The fraction of sp³-hybridized carbons (Fsp3) is 0.300. The minimum Gasteiger partial charge on any atom is -0.336 e. The van der Waals surface area contributed by atoms with Gasteiger partial charge < -0.3 is 10.2 Å². The van der Waals surface area contributed by atoms with E-state index in [4.69, 9.17) is 11.6 Å². The third kappa shape index (κ3) is 4.40. The Kier molecular flexibility index (Phi) is 5.89. The molecule has 0 bridgehead atoms. The molecule has 1 N–H and O–H groups in total. The summed E-state index contributed by atoms with van der Waals surface area (Å²) in [5.41, 5.74) is 1.79. The van der Waals surface area contributed by atoms with Crippen LogP contribution in [0.4, 0.5) is 5.69 Å². The molecule has 3 rings (SSSR count). The van der Waals surface area contributed by atoms with Crippen LogP contribution in [-0.4, -0.2) is 28.0 Å². The number of hydrogen-bond acceptors (Lipinski definition) is 3. The highest BCUT2D eigenvalue weighted by molar-refractivity contribution is 8.01. The Balaban J connectivity index is 1.71. The van der Waals surface area contributed by atoms with Crippen LogP contribution in [-0.2, 0) is 16.1 Å². The molecular weight excluding hydrogens is 368 g/mol. The summed E-state index contributed by atoms with van der Waals surface area (Å²) in [5.74, 6) is -0.171. The number of rotatable bonds is 5. The summed E-state index contributed by atoms with van der Waals surface area (Å²) in [6.45, 7) is 4.53. The maximum absolute atomic E-state index is 12.9. The SMILES string of the molecule is CC(C)N(Cc1ccccc1)C(=O)CC1Sc2ccc(Cl)cc2NC1=O. The second kappa shape index (κ2) is 8.14. The molecule has 4 nitrogen and oxygen atoms in total. The molecule has 1 heterocycles. The molecule has 0 fully saturated rings. The van der Waals surface area contributed by atoms with E-state index in [1.54, 1.807) is 12.1 Å². The van der Waals surface area contributed by atoms with E-state index in [-0.39, 0.29) is 24.3 Å². The summed E-state index contributed by atoms with van der Waals surface area (Å²) in [4.78, 5) is 28.0. The fourth-order valence-corrected chi connectivity index (χ4v) is 4.13. The number of benzene rings is 2. The number of nitrogens with one attached hydrogen (secondary N) is 1. The van der Waals surface area contributed by atoms with Crippen LogP contribution in [0.2, 0.25) is 5.02 Å². The lowest BCUT2D eigenvalue weighted by atomic mass is 10.1. The van der Waals surface area contributed by atoms with Gasteiger partial charge in [-0.2, -0.15) is 0 Å². The van der Waals surface area contributed by atoms with Crippen LogP contribution in [0, 0.1) is 0 Å². The highest BCUT2D eigenvalue weighted by Gasteiger charge is 2.31. The van der Waals surface area contributed by atoms with E-state index in [1.165, 1.54) is 11.8 Å². The zero-order valence-corrected chi connectivity index (χ0v) is 16.3. The summed E-state index contributed by atoms with van der Waals surface area (Å²) in [6, 6.07) is 15.4. The van der Waals surface area contributed by atoms with Crippen molar-refractivity contribution >= 4 is 40.9 Å². The first-order chi connectivity index (χ1) is 12.4. The highest BCUT2D eigenvalue weighted by Crippen LogP contribution is 2.38.